The number of nitrogens with one attached hydrogen (secondary N) is 1. The molecule has 0 heterocycles. The zero-order valence-corrected chi connectivity index (χ0v) is 12.9. The lowest BCUT2D eigenvalue weighted by Gasteiger charge is -2.19. The van der Waals surface area contributed by atoms with Gasteiger partial charge in [-0.05, 0) is 48.9 Å². The molecule has 0 aliphatic rings. The summed E-state index contributed by atoms with van der Waals surface area (Å²) in [7, 11) is 2.03. The summed E-state index contributed by atoms with van der Waals surface area (Å²) in [6, 6.07) is 22.2. The summed E-state index contributed by atoms with van der Waals surface area (Å²) >= 11 is 0. The molecule has 0 saturated heterocycles. The van der Waals surface area contributed by atoms with E-state index in [1.807, 2.05) is 7.05 Å². The predicted molar refractivity (Wildman–Crippen MR) is 90.8 cm³/mol. The van der Waals surface area contributed by atoms with Crippen molar-refractivity contribution in [3.8, 4) is 0 Å². The summed E-state index contributed by atoms with van der Waals surface area (Å²) in [6.07, 6.45) is 0. The van der Waals surface area contributed by atoms with Gasteiger partial charge in [-0.2, -0.15) is 0 Å². The number of rotatable bonds is 3. The summed E-state index contributed by atoms with van der Waals surface area (Å²) in [4.78, 5) is 0. The van der Waals surface area contributed by atoms with Crippen molar-refractivity contribution in [2.45, 2.75) is 19.9 Å². The molecular formula is C20H21N. The molecule has 1 atom stereocenters. The molecule has 21 heavy (non-hydrogen) atoms. The Morgan fingerprint density at radius 1 is 0.714 bits per heavy atom. The molecule has 0 bridgehead atoms. The third-order valence-electron chi connectivity index (χ3n) is 3.97. The summed E-state index contributed by atoms with van der Waals surface area (Å²) in [6.45, 7) is 4.31. The van der Waals surface area contributed by atoms with Gasteiger partial charge in [0.1, 0.15) is 0 Å². The maximum Gasteiger partial charge on any atom is 0.0574 e. The van der Waals surface area contributed by atoms with E-state index in [1.54, 1.807) is 0 Å². The molecule has 0 fully saturated rings. The normalized spacial score (nSPS) is 12.5. The Balaban J connectivity index is 2.08. The lowest BCUT2D eigenvalue weighted by Crippen LogP contribution is -2.17. The molecule has 0 aliphatic heterocycles. The van der Waals surface area contributed by atoms with Crippen molar-refractivity contribution in [2.24, 2.45) is 0 Å². The van der Waals surface area contributed by atoms with Crippen LogP contribution >= 0.6 is 0 Å². The van der Waals surface area contributed by atoms with Crippen LogP contribution in [0.25, 0.3) is 10.8 Å². The lowest BCUT2D eigenvalue weighted by molar-refractivity contribution is 0.691. The molecule has 106 valence electrons. The van der Waals surface area contributed by atoms with Crippen LogP contribution in [0.3, 0.4) is 0 Å². The quantitative estimate of drug-likeness (QED) is 0.726. The number of hydrogen-bond donors (Lipinski definition) is 1. The van der Waals surface area contributed by atoms with Crippen LogP contribution in [0.5, 0.6) is 0 Å². The first-order valence-electron chi connectivity index (χ1n) is 7.41. The Labute approximate surface area is 126 Å². The van der Waals surface area contributed by atoms with E-state index in [4.69, 9.17) is 0 Å². The highest BCUT2D eigenvalue weighted by Gasteiger charge is 2.13. The summed E-state index contributed by atoms with van der Waals surface area (Å²) in [5.74, 6) is 0. The molecule has 0 amide bonds. The third-order valence-corrected chi connectivity index (χ3v) is 3.97. The molecule has 1 unspecified atom stereocenters. The molecule has 1 nitrogen and oxygen atoms in total. The second-order valence-electron chi connectivity index (χ2n) is 5.75. The largest absolute Gasteiger partial charge is 0.309 e. The average molecular weight is 275 g/mol. The fourth-order valence-corrected chi connectivity index (χ4v) is 3.09. The first-order valence-corrected chi connectivity index (χ1v) is 7.41. The molecule has 0 radical (unpaired) electrons. The van der Waals surface area contributed by atoms with Crippen molar-refractivity contribution in [1.82, 2.24) is 5.32 Å². The highest BCUT2D eigenvalue weighted by atomic mass is 14.9. The number of hydrogen-bond acceptors (Lipinski definition) is 1. The van der Waals surface area contributed by atoms with E-state index in [-0.39, 0.29) is 6.04 Å². The molecule has 3 aromatic rings. The van der Waals surface area contributed by atoms with Crippen LogP contribution < -0.4 is 5.32 Å². The van der Waals surface area contributed by atoms with Crippen LogP contribution in [-0.4, -0.2) is 7.05 Å². The van der Waals surface area contributed by atoms with Crippen molar-refractivity contribution in [2.75, 3.05) is 7.05 Å². The highest BCUT2D eigenvalue weighted by Crippen LogP contribution is 2.26. The Morgan fingerprint density at radius 3 is 2.05 bits per heavy atom. The zero-order valence-electron chi connectivity index (χ0n) is 12.9. The minimum atomic E-state index is 0.230. The second kappa shape index (κ2) is 5.71. The van der Waals surface area contributed by atoms with E-state index in [0.29, 0.717) is 0 Å². The van der Waals surface area contributed by atoms with E-state index in [9.17, 15) is 0 Å². The van der Waals surface area contributed by atoms with E-state index in [1.165, 1.54) is 33.0 Å². The maximum absolute atomic E-state index is 3.45. The Bertz CT molecular complexity index is 753. The molecule has 0 saturated carbocycles. The van der Waals surface area contributed by atoms with Crippen molar-refractivity contribution < 1.29 is 0 Å². The van der Waals surface area contributed by atoms with Gasteiger partial charge in [0.15, 0.2) is 0 Å². The Morgan fingerprint density at radius 2 is 1.38 bits per heavy atom. The third kappa shape index (κ3) is 2.84. The van der Waals surface area contributed by atoms with Gasteiger partial charge in [-0.1, -0.05) is 65.7 Å². The van der Waals surface area contributed by atoms with E-state index >= 15 is 0 Å². The molecule has 3 rings (SSSR count). The molecule has 0 aromatic heterocycles. The maximum atomic E-state index is 3.45. The molecule has 0 aliphatic carbocycles. The SMILES string of the molecule is CNC(c1cc(C)cc(C)c1)c1ccc2ccccc2c1. The first kappa shape index (κ1) is 13.8. The van der Waals surface area contributed by atoms with Crippen LogP contribution in [0.4, 0.5) is 0 Å². The number of aryl methyl sites for hydroxylation is 2. The van der Waals surface area contributed by atoms with Gasteiger partial charge in [-0.25, -0.2) is 0 Å². The standard InChI is InChI=1S/C20H21N/c1-14-10-15(2)12-19(11-14)20(21-3)18-9-8-16-6-4-5-7-17(16)13-18/h4-13,20-21H,1-3H3. The first-order chi connectivity index (χ1) is 10.2. The van der Waals surface area contributed by atoms with Gasteiger partial charge in [0.05, 0.1) is 6.04 Å². The average Bonchev–Trinajstić information content (AvgIpc) is 2.47. The van der Waals surface area contributed by atoms with Gasteiger partial charge in [0.2, 0.25) is 0 Å². The van der Waals surface area contributed by atoms with Crippen LogP contribution in [0.1, 0.15) is 28.3 Å². The minimum Gasteiger partial charge on any atom is -0.309 e. The van der Waals surface area contributed by atoms with Gasteiger partial charge in [-0.3, -0.25) is 0 Å². The van der Waals surface area contributed by atoms with Gasteiger partial charge in [-0.15, -0.1) is 0 Å². The fraction of sp³-hybridized carbons (Fsp3) is 0.200. The Hall–Kier alpha value is -2.12. The van der Waals surface area contributed by atoms with Crippen LogP contribution in [0.15, 0.2) is 60.7 Å². The second-order valence-corrected chi connectivity index (χ2v) is 5.75. The molecule has 3 aromatic carbocycles. The van der Waals surface area contributed by atoms with E-state index in [2.05, 4.69) is 79.8 Å². The monoisotopic (exact) mass is 275 g/mol. The molecule has 1 heteroatoms. The van der Waals surface area contributed by atoms with E-state index < -0.39 is 0 Å². The van der Waals surface area contributed by atoms with Crippen LogP contribution in [-0.2, 0) is 0 Å². The van der Waals surface area contributed by atoms with Gasteiger partial charge in [0, 0.05) is 0 Å². The van der Waals surface area contributed by atoms with Crippen LogP contribution in [0.2, 0.25) is 0 Å². The van der Waals surface area contributed by atoms with Crippen molar-refractivity contribution in [3.63, 3.8) is 0 Å². The highest BCUT2D eigenvalue weighted by molar-refractivity contribution is 5.83. The molecular weight excluding hydrogens is 254 g/mol. The smallest absolute Gasteiger partial charge is 0.0574 e. The van der Waals surface area contributed by atoms with Gasteiger partial charge in [0.25, 0.3) is 0 Å². The fourth-order valence-electron chi connectivity index (χ4n) is 3.09. The summed E-state index contributed by atoms with van der Waals surface area (Å²) in [5, 5.41) is 6.03. The van der Waals surface area contributed by atoms with Crippen LogP contribution in [0, 0.1) is 13.8 Å². The predicted octanol–water partition coefficient (Wildman–Crippen LogP) is 4.77. The number of benzene rings is 3. The van der Waals surface area contributed by atoms with Crippen molar-refractivity contribution in [1.29, 1.82) is 0 Å². The van der Waals surface area contributed by atoms with Gasteiger partial charge < -0.3 is 5.32 Å². The Kier molecular flexibility index (Phi) is 3.76. The topological polar surface area (TPSA) is 12.0 Å². The van der Waals surface area contributed by atoms with Crippen molar-refractivity contribution >= 4 is 10.8 Å². The van der Waals surface area contributed by atoms with E-state index in [0.717, 1.165) is 0 Å². The zero-order chi connectivity index (χ0) is 14.8. The summed E-state index contributed by atoms with van der Waals surface area (Å²) in [5.41, 5.74) is 5.25. The minimum absolute atomic E-state index is 0.230. The van der Waals surface area contributed by atoms with Crippen molar-refractivity contribution in [3.05, 3.63) is 82.9 Å². The van der Waals surface area contributed by atoms with Gasteiger partial charge >= 0.3 is 0 Å². The lowest BCUT2D eigenvalue weighted by atomic mass is 9.94. The number of fused-ring (bicyclic) bond motifs is 1. The molecule has 1 N–H and O–H groups in total. The summed E-state index contributed by atoms with van der Waals surface area (Å²) < 4.78 is 0. The molecule has 0 spiro atoms.